The fourth-order valence-electron chi connectivity index (χ4n) is 3.62. The number of benzene rings is 1. The topological polar surface area (TPSA) is 53.2 Å². The van der Waals surface area contributed by atoms with Crippen LogP contribution in [0, 0.1) is 0 Å². The molecule has 0 bridgehead atoms. The lowest BCUT2D eigenvalue weighted by Gasteiger charge is -2.32. The number of halogens is 1. The molecule has 136 valence electrons. The van der Waals surface area contributed by atoms with E-state index in [2.05, 4.69) is 32.5 Å². The lowest BCUT2D eigenvalue weighted by molar-refractivity contribution is 0.189. The molecule has 0 radical (unpaired) electrons. The monoisotopic (exact) mass is 362 g/mol. The fourth-order valence-corrected chi connectivity index (χ4v) is 3.62. The third-order valence-electron chi connectivity index (χ3n) is 5.27. The zero-order valence-electron chi connectivity index (χ0n) is 14.7. The van der Waals surface area contributed by atoms with Gasteiger partial charge in [0.2, 0.25) is 0 Å². The van der Waals surface area contributed by atoms with Crippen molar-refractivity contribution in [2.75, 3.05) is 20.2 Å². The molecule has 0 spiro atoms. The molecule has 0 amide bonds. The predicted octanol–water partition coefficient (Wildman–Crippen LogP) is 3.22. The highest BCUT2D eigenvalue weighted by atomic mass is 35.5. The second kappa shape index (κ2) is 8.21. The van der Waals surface area contributed by atoms with E-state index in [-0.39, 0.29) is 12.4 Å². The molecule has 1 aromatic carbocycles. The van der Waals surface area contributed by atoms with Gasteiger partial charge in [-0.2, -0.15) is 5.10 Å². The zero-order valence-corrected chi connectivity index (χ0v) is 15.5. The van der Waals surface area contributed by atoms with Crippen LogP contribution in [0.4, 0.5) is 0 Å². The Bertz CT molecular complexity index is 660. The van der Waals surface area contributed by atoms with Crippen LogP contribution in [0.2, 0.25) is 0 Å². The van der Waals surface area contributed by atoms with Gasteiger partial charge in [0, 0.05) is 29.8 Å². The van der Waals surface area contributed by atoms with E-state index in [1.807, 2.05) is 18.3 Å². The molecular formula is C19H27ClN4O. The summed E-state index contributed by atoms with van der Waals surface area (Å²) in [6.45, 7) is 3.37. The van der Waals surface area contributed by atoms with Crippen LogP contribution in [0.3, 0.4) is 0 Å². The molecule has 1 saturated carbocycles. The molecule has 25 heavy (non-hydrogen) atoms. The van der Waals surface area contributed by atoms with E-state index in [9.17, 15) is 0 Å². The first-order valence-electron chi connectivity index (χ1n) is 8.97. The minimum absolute atomic E-state index is 0. The first-order valence-corrected chi connectivity index (χ1v) is 8.97. The Kier molecular flexibility index (Phi) is 5.99. The molecule has 5 nitrogen and oxygen atoms in total. The van der Waals surface area contributed by atoms with Gasteiger partial charge in [-0.05, 0) is 63.0 Å². The lowest BCUT2D eigenvalue weighted by atomic mass is 10.0. The molecule has 1 aliphatic heterocycles. The molecule has 6 heteroatoms. The summed E-state index contributed by atoms with van der Waals surface area (Å²) in [5.74, 6) is 0.875. The molecular weight excluding hydrogens is 336 g/mol. The summed E-state index contributed by atoms with van der Waals surface area (Å²) in [6.07, 6.45) is 7.28. The molecule has 1 aliphatic carbocycles. The zero-order chi connectivity index (χ0) is 16.4. The van der Waals surface area contributed by atoms with Crippen molar-refractivity contribution in [3.63, 3.8) is 0 Å². The molecule has 2 aromatic rings. The minimum Gasteiger partial charge on any atom is -0.497 e. The van der Waals surface area contributed by atoms with Crippen molar-refractivity contribution < 1.29 is 4.74 Å². The Hall–Kier alpha value is -1.56. The first-order chi connectivity index (χ1) is 11.8. The Labute approximate surface area is 155 Å². The second-order valence-electron chi connectivity index (χ2n) is 6.92. The van der Waals surface area contributed by atoms with Crippen LogP contribution in [0.1, 0.15) is 31.2 Å². The van der Waals surface area contributed by atoms with E-state index in [1.54, 1.807) is 7.11 Å². The number of methoxy groups -OCH3 is 1. The third kappa shape index (κ3) is 4.35. The molecule has 4 rings (SSSR count). The number of H-pyrrole nitrogens is 1. The standard InChI is InChI=1S/C19H26N4O.ClH/c1-24-18-6-2-14(3-7-18)19-15(13-21-22-19)12-20-16-8-10-23(11-9-16)17-4-5-17;/h2-3,6-7,13,16-17,20H,4-5,8-12H2,1H3,(H,21,22);1H. The lowest BCUT2D eigenvalue weighted by Crippen LogP contribution is -2.43. The molecule has 2 N–H and O–H groups in total. The van der Waals surface area contributed by atoms with Crippen molar-refractivity contribution in [2.24, 2.45) is 0 Å². The van der Waals surface area contributed by atoms with Gasteiger partial charge in [0.15, 0.2) is 0 Å². The van der Waals surface area contributed by atoms with Gasteiger partial charge in [0.25, 0.3) is 0 Å². The molecule has 0 unspecified atom stereocenters. The highest BCUT2D eigenvalue weighted by Gasteiger charge is 2.31. The van der Waals surface area contributed by atoms with Gasteiger partial charge in [-0.1, -0.05) is 0 Å². The summed E-state index contributed by atoms with van der Waals surface area (Å²) >= 11 is 0. The van der Waals surface area contributed by atoms with Crippen LogP contribution in [0.25, 0.3) is 11.3 Å². The van der Waals surface area contributed by atoms with Gasteiger partial charge in [0.05, 0.1) is 19.0 Å². The van der Waals surface area contributed by atoms with Gasteiger partial charge in [-0.15, -0.1) is 12.4 Å². The quantitative estimate of drug-likeness (QED) is 0.828. The number of hydrogen-bond acceptors (Lipinski definition) is 4. The van der Waals surface area contributed by atoms with E-state index in [4.69, 9.17) is 4.74 Å². The predicted molar refractivity (Wildman–Crippen MR) is 102 cm³/mol. The van der Waals surface area contributed by atoms with Gasteiger partial charge < -0.3 is 15.0 Å². The van der Waals surface area contributed by atoms with Crippen molar-refractivity contribution in [1.29, 1.82) is 0 Å². The van der Waals surface area contributed by atoms with Crippen molar-refractivity contribution in [3.8, 4) is 17.0 Å². The summed E-state index contributed by atoms with van der Waals surface area (Å²) in [4.78, 5) is 2.67. The van der Waals surface area contributed by atoms with Gasteiger partial charge in [-0.3, -0.25) is 5.10 Å². The first kappa shape index (κ1) is 18.2. The van der Waals surface area contributed by atoms with Gasteiger partial charge in [0.1, 0.15) is 5.75 Å². The Morgan fingerprint density at radius 3 is 2.52 bits per heavy atom. The van der Waals surface area contributed by atoms with Crippen LogP contribution in [0.15, 0.2) is 30.5 Å². The second-order valence-corrected chi connectivity index (χ2v) is 6.92. The average molecular weight is 363 g/mol. The summed E-state index contributed by atoms with van der Waals surface area (Å²) in [5, 5.41) is 11.1. The number of ether oxygens (including phenoxy) is 1. The number of aromatic amines is 1. The Morgan fingerprint density at radius 1 is 1.16 bits per heavy atom. The van der Waals surface area contributed by atoms with E-state index in [0.29, 0.717) is 6.04 Å². The van der Waals surface area contributed by atoms with E-state index in [0.717, 1.165) is 29.6 Å². The van der Waals surface area contributed by atoms with Crippen LogP contribution < -0.4 is 10.1 Å². The number of rotatable bonds is 6. The Morgan fingerprint density at radius 2 is 1.88 bits per heavy atom. The van der Waals surface area contributed by atoms with Crippen LogP contribution in [-0.4, -0.2) is 47.4 Å². The van der Waals surface area contributed by atoms with Crippen LogP contribution >= 0.6 is 12.4 Å². The Balaban J connectivity index is 0.00000182. The number of aromatic nitrogens is 2. The average Bonchev–Trinajstić information content (AvgIpc) is 3.39. The van der Waals surface area contributed by atoms with Crippen LogP contribution in [0.5, 0.6) is 5.75 Å². The van der Waals surface area contributed by atoms with E-state index >= 15 is 0 Å². The number of hydrogen-bond donors (Lipinski definition) is 2. The highest BCUT2D eigenvalue weighted by Crippen LogP contribution is 2.29. The van der Waals surface area contributed by atoms with Crippen molar-refractivity contribution in [2.45, 2.75) is 44.3 Å². The van der Waals surface area contributed by atoms with Crippen molar-refractivity contribution in [3.05, 3.63) is 36.0 Å². The number of nitrogens with one attached hydrogen (secondary N) is 2. The molecule has 0 atom stereocenters. The fraction of sp³-hybridized carbons (Fsp3) is 0.526. The molecule has 1 aromatic heterocycles. The van der Waals surface area contributed by atoms with E-state index < -0.39 is 0 Å². The summed E-state index contributed by atoms with van der Waals surface area (Å²) in [5.41, 5.74) is 3.47. The maximum Gasteiger partial charge on any atom is 0.118 e. The molecule has 1 saturated heterocycles. The summed E-state index contributed by atoms with van der Waals surface area (Å²) < 4.78 is 5.23. The van der Waals surface area contributed by atoms with E-state index in [1.165, 1.54) is 44.3 Å². The smallest absolute Gasteiger partial charge is 0.118 e. The normalized spacial score (nSPS) is 18.8. The number of likely N-dealkylation sites (tertiary alicyclic amines) is 1. The third-order valence-corrected chi connectivity index (χ3v) is 5.27. The van der Waals surface area contributed by atoms with Gasteiger partial charge in [-0.25, -0.2) is 0 Å². The van der Waals surface area contributed by atoms with Gasteiger partial charge >= 0.3 is 0 Å². The summed E-state index contributed by atoms with van der Waals surface area (Å²) in [6, 6.07) is 9.65. The molecule has 2 heterocycles. The number of nitrogens with zero attached hydrogens (tertiary/aromatic N) is 2. The van der Waals surface area contributed by atoms with Crippen molar-refractivity contribution in [1.82, 2.24) is 20.4 Å². The maximum atomic E-state index is 5.23. The molecule has 2 aliphatic rings. The number of piperidine rings is 1. The highest BCUT2D eigenvalue weighted by molar-refractivity contribution is 5.85. The largest absolute Gasteiger partial charge is 0.497 e. The van der Waals surface area contributed by atoms with Crippen molar-refractivity contribution >= 4 is 12.4 Å². The van der Waals surface area contributed by atoms with Crippen LogP contribution in [-0.2, 0) is 6.54 Å². The maximum absolute atomic E-state index is 5.23. The SMILES string of the molecule is COc1ccc(-c2[nH]ncc2CNC2CCN(C3CC3)CC2)cc1.Cl. The minimum atomic E-state index is 0. The molecule has 2 fully saturated rings. The summed E-state index contributed by atoms with van der Waals surface area (Å²) in [7, 11) is 1.69.